The summed E-state index contributed by atoms with van der Waals surface area (Å²) in [6.45, 7) is 0.674. The summed E-state index contributed by atoms with van der Waals surface area (Å²) >= 11 is 0. The molecule has 0 aliphatic rings. The van der Waals surface area contributed by atoms with E-state index in [2.05, 4.69) is 4.74 Å². The average molecular weight is 475 g/mol. The number of ether oxygens (including phenoxy) is 1. The maximum atomic E-state index is 13.9. The highest BCUT2D eigenvalue weighted by Gasteiger charge is 2.79. The number of hydrogen-bond acceptors (Lipinski definition) is 4. The van der Waals surface area contributed by atoms with Crippen LogP contribution in [0.4, 0.5) is 48.3 Å². The monoisotopic (exact) mass is 475 g/mol. The van der Waals surface area contributed by atoms with Gasteiger partial charge in [-0.05, 0) is 19.0 Å². The Kier molecular flexibility index (Phi) is 8.52. The molecule has 5 nitrogen and oxygen atoms in total. The predicted octanol–water partition coefficient (Wildman–Crippen LogP) is 3.89. The number of hydrogen-bond donors (Lipinski definition) is 1. The predicted molar refractivity (Wildman–Crippen MR) is 75.0 cm³/mol. The smallest absolute Gasteiger partial charge is 0.398 e. The molecule has 0 saturated carbocycles. The van der Waals surface area contributed by atoms with Crippen molar-refractivity contribution < 1.29 is 66.7 Å². The Hall–Kier alpha value is -1.20. The summed E-state index contributed by atoms with van der Waals surface area (Å²) in [4.78, 5) is 11.4. The largest absolute Gasteiger partial charge is 0.462 e. The highest BCUT2D eigenvalue weighted by Crippen LogP contribution is 2.50. The van der Waals surface area contributed by atoms with Crippen molar-refractivity contribution in [2.45, 2.75) is 49.3 Å². The van der Waals surface area contributed by atoms with Crippen molar-refractivity contribution >= 4 is 14.5 Å². The van der Waals surface area contributed by atoms with Gasteiger partial charge in [-0.2, -0.15) is 48.3 Å². The van der Waals surface area contributed by atoms with Gasteiger partial charge >= 0.3 is 38.8 Å². The number of rotatable bonds is 10. The molecule has 0 bridgehead atoms. The van der Waals surface area contributed by atoms with Crippen molar-refractivity contribution in [3.63, 3.8) is 0 Å². The molecule has 0 radical (unpaired) electrons. The number of alkyl halides is 11. The fourth-order valence-electron chi connectivity index (χ4n) is 1.65. The van der Waals surface area contributed by atoms with E-state index in [4.69, 9.17) is 8.85 Å². The highest BCUT2D eigenvalue weighted by atomic mass is 28.4. The normalized spacial score (nSPS) is 16.5. The third-order valence-electron chi connectivity index (χ3n) is 3.60. The summed E-state index contributed by atoms with van der Waals surface area (Å²) in [6.07, 6.45) is -21.1. The van der Waals surface area contributed by atoms with Gasteiger partial charge in [-0.15, -0.1) is 0 Å². The van der Waals surface area contributed by atoms with Crippen LogP contribution in [0.2, 0.25) is 12.6 Å². The SMILES string of the molecule is CO[Si](C)(CCCNC(=O)C(F)(OC(F)(F)C(F)(F)C(F)(F)F)C(F)(F)F)OC. The van der Waals surface area contributed by atoms with E-state index in [1.807, 2.05) is 0 Å². The zero-order valence-electron chi connectivity index (χ0n) is 14.9. The van der Waals surface area contributed by atoms with E-state index in [9.17, 15) is 53.1 Å². The lowest BCUT2D eigenvalue weighted by atomic mass is 10.2. The molecule has 0 aromatic heterocycles. The molecule has 17 heteroatoms. The summed E-state index contributed by atoms with van der Waals surface area (Å²) < 4.78 is 152. The second-order valence-electron chi connectivity index (χ2n) is 5.69. The minimum Gasteiger partial charge on any atom is -0.398 e. The first-order valence-corrected chi connectivity index (χ1v) is 9.90. The third kappa shape index (κ3) is 6.14. The van der Waals surface area contributed by atoms with E-state index in [0.717, 1.165) is 5.32 Å². The van der Waals surface area contributed by atoms with Crippen LogP contribution in [-0.2, 0) is 18.4 Å². The van der Waals surface area contributed by atoms with E-state index >= 15 is 0 Å². The average Bonchev–Trinajstić information content (AvgIpc) is 2.55. The van der Waals surface area contributed by atoms with Gasteiger partial charge in [0.25, 0.3) is 5.91 Å². The van der Waals surface area contributed by atoms with Gasteiger partial charge in [0.1, 0.15) is 0 Å². The maximum Gasteiger partial charge on any atom is 0.462 e. The van der Waals surface area contributed by atoms with E-state index < -0.39 is 51.3 Å². The maximum absolute atomic E-state index is 13.9. The van der Waals surface area contributed by atoms with Crippen molar-refractivity contribution in [3.05, 3.63) is 0 Å². The van der Waals surface area contributed by atoms with Gasteiger partial charge < -0.3 is 14.2 Å². The number of amides is 1. The molecule has 0 rings (SSSR count). The summed E-state index contributed by atoms with van der Waals surface area (Å²) in [5.41, 5.74) is 0. The Labute approximate surface area is 157 Å². The van der Waals surface area contributed by atoms with Gasteiger partial charge in [-0.25, -0.2) is 0 Å². The zero-order chi connectivity index (χ0) is 23.5. The molecule has 1 N–H and O–H groups in total. The molecule has 0 spiro atoms. The summed E-state index contributed by atoms with van der Waals surface area (Å²) in [5, 5.41) is 1.16. The van der Waals surface area contributed by atoms with Crippen LogP contribution in [0.1, 0.15) is 6.42 Å². The molecular formula is C12H16F11NO4Si. The minimum absolute atomic E-state index is 0.00868. The zero-order valence-corrected chi connectivity index (χ0v) is 15.9. The molecule has 0 aliphatic carbocycles. The van der Waals surface area contributed by atoms with Crippen LogP contribution in [0.5, 0.6) is 0 Å². The molecule has 0 aromatic carbocycles. The van der Waals surface area contributed by atoms with Crippen LogP contribution in [0.3, 0.4) is 0 Å². The van der Waals surface area contributed by atoms with Crippen LogP contribution in [0.15, 0.2) is 0 Å². The van der Waals surface area contributed by atoms with Crippen molar-refractivity contribution in [3.8, 4) is 0 Å². The first kappa shape index (κ1) is 27.8. The summed E-state index contributed by atoms with van der Waals surface area (Å²) in [6, 6.07) is 0.00868. The van der Waals surface area contributed by atoms with Crippen LogP contribution < -0.4 is 5.32 Å². The molecule has 174 valence electrons. The Bertz CT molecular complexity index is 565. The first-order chi connectivity index (χ1) is 12.7. The van der Waals surface area contributed by atoms with Gasteiger partial charge in [-0.3, -0.25) is 9.53 Å². The Morgan fingerprint density at radius 3 is 1.66 bits per heavy atom. The van der Waals surface area contributed by atoms with E-state index in [1.165, 1.54) is 20.8 Å². The fraction of sp³-hybridized carbons (Fsp3) is 0.917. The Morgan fingerprint density at radius 2 is 1.31 bits per heavy atom. The highest BCUT2D eigenvalue weighted by molar-refractivity contribution is 6.65. The number of nitrogens with one attached hydrogen (secondary N) is 1. The van der Waals surface area contributed by atoms with Crippen LogP contribution in [-0.4, -0.2) is 65.5 Å². The van der Waals surface area contributed by atoms with Crippen LogP contribution >= 0.6 is 0 Å². The van der Waals surface area contributed by atoms with Crippen molar-refractivity contribution in [1.82, 2.24) is 5.32 Å². The third-order valence-corrected chi connectivity index (χ3v) is 6.59. The molecule has 0 heterocycles. The molecule has 1 amide bonds. The van der Waals surface area contributed by atoms with E-state index in [0.29, 0.717) is 0 Å². The molecule has 0 fully saturated rings. The van der Waals surface area contributed by atoms with Gasteiger partial charge in [-0.1, -0.05) is 0 Å². The lowest BCUT2D eigenvalue weighted by Gasteiger charge is -2.34. The quantitative estimate of drug-likeness (QED) is 0.296. The molecule has 1 atom stereocenters. The molecule has 0 saturated heterocycles. The Balaban J connectivity index is 5.47. The second-order valence-corrected chi connectivity index (χ2v) is 9.27. The van der Waals surface area contributed by atoms with Crippen molar-refractivity contribution in [1.29, 1.82) is 0 Å². The van der Waals surface area contributed by atoms with Crippen molar-refractivity contribution in [2.75, 3.05) is 20.8 Å². The number of carbonyl (C=O) groups excluding carboxylic acids is 1. The molecule has 0 aromatic rings. The molecule has 1 unspecified atom stereocenters. The second kappa shape index (κ2) is 8.89. The summed E-state index contributed by atoms with van der Waals surface area (Å²) in [7, 11) is -0.304. The number of halogens is 11. The standard InChI is InChI=1S/C12H16F11NO4Si/c1-26-29(3,27-2)6-4-5-24-7(25)8(13,10(16,17)18)28-12(22,23)9(14,15)11(19,20)21/h4-6H2,1-3H3,(H,24,25). The molecule has 29 heavy (non-hydrogen) atoms. The minimum atomic E-state index is -7.23. The summed E-state index contributed by atoms with van der Waals surface area (Å²) in [5.74, 6) is -16.5. The first-order valence-electron chi connectivity index (χ1n) is 7.37. The van der Waals surface area contributed by atoms with Crippen LogP contribution in [0, 0.1) is 0 Å². The lowest BCUT2D eigenvalue weighted by Crippen LogP contribution is -2.63. The van der Waals surface area contributed by atoms with Gasteiger partial charge in [0.15, 0.2) is 0 Å². The molecule has 0 aliphatic heterocycles. The molecular weight excluding hydrogens is 459 g/mol. The Morgan fingerprint density at radius 1 is 0.862 bits per heavy atom. The van der Waals surface area contributed by atoms with Gasteiger partial charge in [0.2, 0.25) is 0 Å². The number of carbonyl (C=O) groups is 1. The van der Waals surface area contributed by atoms with Gasteiger partial charge in [0, 0.05) is 20.8 Å². The van der Waals surface area contributed by atoms with Crippen LogP contribution in [0.25, 0.3) is 0 Å². The van der Waals surface area contributed by atoms with E-state index in [-0.39, 0.29) is 12.5 Å². The fourth-order valence-corrected chi connectivity index (χ4v) is 3.05. The van der Waals surface area contributed by atoms with E-state index in [1.54, 1.807) is 0 Å². The van der Waals surface area contributed by atoms with Gasteiger partial charge in [0.05, 0.1) is 0 Å². The topological polar surface area (TPSA) is 56.8 Å². The lowest BCUT2D eigenvalue weighted by molar-refractivity contribution is -0.472. The van der Waals surface area contributed by atoms with Crippen molar-refractivity contribution in [2.24, 2.45) is 0 Å².